The van der Waals surface area contributed by atoms with Gasteiger partial charge in [-0.2, -0.15) is 0 Å². The van der Waals surface area contributed by atoms with E-state index in [0.717, 1.165) is 35.3 Å². The summed E-state index contributed by atoms with van der Waals surface area (Å²) in [7, 11) is 1.66. The Bertz CT molecular complexity index is 994. The van der Waals surface area contributed by atoms with Crippen LogP contribution in [0.15, 0.2) is 42.5 Å². The molecule has 7 heteroatoms. The van der Waals surface area contributed by atoms with Gasteiger partial charge in [-0.25, -0.2) is 4.68 Å². The number of nitrogens with one attached hydrogen (secondary N) is 1. The lowest BCUT2D eigenvalue weighted by Gasteiger charge is -2.26. The fourth-order valence-electron chi connectivity index (χ4n) is 3.96. The summed E-state index contributed by atoms with van der Waals surface area (Å²) in [4.78, 5) is 15.0. The van der Waals surface area contributed by atoms with Crippen LogP contribution in [-0.4, -0.2) is 59.1 Å². The minimum Gasteiger partial charge on any atom is -0.497 e. The van der Waals surface area contributed by atoms with Crippen LogP contribution in [0, 0.1) is 0 Å². The van der Waals surface area contributed by atoms with E-state index in [-0.39, 0.29) is 5.91 Å². The molecule has 1 saturated heterocycles. The number of amides is 1. The third-order valence-corrected chi connectivity index (χ3v) is 5.63. The number of hydrogen-bond donors (Lipinski definition) is 1. The second-order valence-electron chi connectivity index (χ2n) is 7.81. The Morgan fingerprint density at radius 1 is 1.13 bits per heavy atom. The molecular formula is C23H29N5O2. The molecule has 0 unspecified atom stereocenters. The summed E-state index contributed by atoms with van der Waals surface area (Å²) in [6.45, 7) is 4.72. The standard InChI is InChI=1S/C23H29N5O2/c1-30-20-8-5-7-18(15-20)17-28-22-10-9-19(16-21(22)25-26-28)23(29)24-11-6-14-27-12-3-2-4-13-27/h5,7-10,15-16H,2-4,6,11-14,17H2,1H3,(H,24,29). The monoisotopic (exact) mass is 407 g/mol. The molecule has 1 amide bonds. The lowest BCUT2D eigenvalue weighted by molar-refractivity contribution is 0.0951. The smallest absolute Gasteiger partial charge is 0.251 e. The van der Waals surface area contributed by atoms with Crippen LogP contribution in [0.4, 0.5) is 0 Å². The normalized spacial score (nSPS) is 14.7. The van der Waals surface area contributed by atoms with Crippen molar-refractivity contribution in [1.29, 1.82) is 0 Å². The highest BCUT2D eigenvalue weighted by Crippen LogP contribution is 2.18. The lowest BCUT2D eigenvalue weighted by Crippen LogP contribution is -2.33. The van der Waals surface area contributed by atoms with E-state index in [4.69, 9.17) is 4.74 Å². The van der Waals surface area contributed by atoms with Gasteiger partial charge in [0.05, 0.1) is 19.2 Å². The van der Waals surface area contributed by atoms with E-state index in [9.17, 15) is 4.79 Å². The molecule has 1 aliphatic heterocycles. The third kappa shape index (κ3) is 4.97. The third-order valence-electron chi connectivity index (χ3n) is 5.63. The zero-order valence-corrected chi connectivity index (χ0v) is 17.5. The first-order valence-corrected chi connectivity index (χ1v) is 10.7. The Kier molecular flexibility index (Phi) is 6.59. The number of likely N-dealkylation sites (tertiary alicyclic amines) is 1. The zero-order chi connectivity index (χ0) is 20.8. The summed E-state index contributed by atoms with van der Waals surface area (Å²) in [5.41, 5.74) is 3.32. The molecule has 158 valence electrons. The number of nitrogens with zero attached hydrogens (tertiary/aromatic N) is 4. The van der Waals surface area contributed by atoms with Gasteiger partial charge in [0.2, 0.25) is 0 Å². The van der Waals surface area contributed by atoms with Gasteiger partial charge in [0.15, 0.2) is 0 Å². The summed E-state index contributed by atoms with van der Waals surface area (Å²) in [5.74, 6) is 0.758. The summed E-state index contributed by atoms with van der Waals surface area (Å²) in [6.07, 6.45) is 4.92. The number of hydrogen-bond acceptors (Lipinski definition) is 5. The first-order chi connectivity index (χ1) is 14.7. The highest BCUT2D eigenvalue weighted by Gasteiger charge is 2.12. The molecule has 1 N–H and O–H groups in total. The number of benzene rings is 2. The van der Waals surface area contributed by atoms with Crippen LogP contribution in [0.2, 0.25) is 0 Å². The SMILES string of the molecule is COc1cccc(Cn2nnc3cc(C(=O)NCCCN4CCCCC4)ccc32)c1. The maximum Gasteiger partial charge on any atom is 0.251 e. The van der Waals surface area contributed by atoms with E-state index >= 15 is 0 Å². The molecule has 30 heavy (non-hydrogen) atoms. The summed E-state index contributed by atoms with van der Waals surface area (Å²) in [5, 5.41) is 11.5. The van der Waals surface area contributed by atoms with Crippen molar-refractivity contribution in [3.8, 4) is 5.75 Å². The van der Waals surface area contributed by atoms with Gasteiger partial charge >= 0.3 is 0 Å². The van der Waals surface area contributed by atoms with E-state index in [1.165, 1.54) is 32.4 Å². The fourth-order valence-corrected chi connectivity index (χ4v) is 3.96. The topological polar surface area (TPSA) is 72.3 Å². The number of ether oxygens (including phenoxy) is 1. The highest BCUT2D eigenvalue weighted by atomic mass is 16.5. The molecule has 0 bridgehead atoms. The molecule has 3 aromatic rings. The second kappa shape index (κ2) is 9.71. The van der Waals surface area contributed by atoms with E-state index in [1.54, 1.807) is 7.11 Å². The lowest BCUT2D eigenvalue weighted by atomic mass is 10.1. The maximum absolute atomic E-state index is 12.5. The molecule has 1 fully saturated rings. The van der Waals surface area contributed by atoms with Crippen molar-refractivity contribution in [2.45, 2.75) is 32.2 Å². The van der Waals surface area contributed by atoms with Crippen LogP contribution in [0.1, 0.15) is 41.6 Å². The van der Waals surface area contributed by atoms with Gasteiger partial charge in [-0.3, -0.25) is 4.79 Å². The van der Waals surface area contributed by atoms with Gasteiger partial charge in [-0.1, -0.05) is 23.8 Å². The predicted octanol–water partition coefficient (Wildman–Crippen LogP) is 3.09. The Labute approximate surface area is 177 Å². The number of fused-ring (bicyclic) bond motifs is 1. The molecule has 0 atom stereocenters. The van der Waals surface area contributed by atoms with Crippen molar-refractivity contribution in [2.75, 3.05) is 33.3 Å². The van der Waals surface area contributed by atoms with Crippen LogP contribution < -0.4 is 10.1 Å². The van der Waals surface area contributed by atoms with Gasteiger partial charge in [0, 0.05) is 12.1 Å². The van der Waals surface area contributed by atoms with Crippen LogP contribution in [0.25, 0.3) is 11.0 Å². The fraction of sp³-hybridized carbons (Fsp3) is 0.435. The van der Waals surface area contributed by atoms with Crippen LogP contribution in [0.5, 0.6) is 5.75 Å². The molecule has 2 heterocycles. The van der Waals surface area contributed by atoms with Crippen LogP contribution in [-0.2, 0) is 6.54 Å². The van der Waals surface area contributed by atoms with Crippen molar-refractivity contribution >= 4 is 16.9 Å². The Hall–Kier alpha value is -2.93. The first-order valence-electron chi connectivity index (χ1n) is 10.7. The number of carbonyl (C=O) groups is 1. The Morgan fingerprint density at radius 2 is 2.00 bits per heavy atom. The summed E-state index contributed by atoms with van der Waals surface area (Å²) in [6, 6.07) is 13.5. The van der Waals surface area contributed by atoms with Gasteiger partial charge in [-0.15, -0.1) is 5.10 Å². The minimum atomic E-state index is -0.0575. The molecule has 4 rings (SSSR count). The van der Waals surface area contributed by atoms with Gasteiger partial charge in [0.1, 0.15) is 11.3 Å². The molecule has 0 radical (unpaired) electrons. The Balaban J connectivity index is 1.34. The highest BCUT2D eigenvalue weighted by molar-refractivity contribution is 5.97. The molecule has 2 aromatic carbocycles. The van der Waals surface area contributed by atoms with Gasteiger partial charge < -0.3 is 15.0 Å². The molecular weight excluding hydrogens is 378 g/mol. The molecule has 0 saturated carbocycles. The van der Waals surface area contributed by atoms with E-state index in [2.05, 4.69) is 20.5 Å². The average Bonchev–Trinajstić information content (AvgIpc) is 3.19. The first kappa shape index (κ1) is 20.3. The van der Waals surface area contributed by atoms with E-state index in [1.807, 2.05) is 47.1 Å². The van der Waals surface area contributed by atoms with E-state index in [0.29, 0.717) is 18.7 Å². The van der Waals surface area contributed by atoms with Crippen molar-refractivity contribution in [3.63, 3.8) is 0 Å². The maximum atomic E-state index is 12.5. The quantitative estimate of drug-likeness (QED) is 0.581. The number of methoxy groups -OCH3 is 1. The number of aromatic nitrogens is 3. The molecule has 1 aliphatic rings. The Morgan fingerprint density at radius 3 is 2.83 bits per heavy atom. The summed E-state index contributed by atoms with van der Waals surface area (Å²) >= 11 is 0. The van der Waals surface area contributed by atoms with Crippen molar-refractivity contribution in [1.82, 2.24) is 25.2 Å². The van der Waals surface area contributed by atoms with Crippen molar-refractivity contribution < 1.29 is 9.53 Å². The molecule has 0 aliphatic carbocycles. The zero-order valence-electron chi connectivity index (χ0n) is 17.5. The number of piperidine rings is 1. The molecule has 1 aromatic heterocycles. The largest absolute Gasteiger partial charge is 0.497 e. The number of carbonyl (C=O) groups excluding carboxylic acids is 1. The van der Waals surface area contributed by atoms with Crippen LogP contribution in [0.3, 0.4) is 0 Å². The number of rotatable bonds is 8. The molecule has 7 nitrogen and oxygen atoms in total. The minimum absolute atomic E-state index is 0.0575. The average molecular weight is 408 g/mol. The van der Waals surface area contributed by atoms with Gasteiger partial charge in [-0.05, 0) is 74.8 Å². The van der Waals surface area contributed by atoms with Crippen LogP contribution >= 0.6 is 0 Å². The molecule has 0 spiro atoms. The second-order valence-corrected chi connectivity index (χ2v) is 7.81. The van der Waals surface area contributed by atoms with Crippen molar-refractivity contribution in [2.24, 2.45) is 0 Å². The van der Waals surface area contributed by atoms with Crippen molar-refractivity contribution in [3.05, 3.63) is 53.6 Å². The predicted molar refractivity (Wildman–Crippen MR) is 117 cm³/mol. The summed E-state index contributed by atoms with van der Waals surface area (Å²) < 4.78 is 7.12. The van der Waals surface area contributed by atoms with E-state index < -0.39 is 0 Å². The van der Waals surface area contributed by atoms with Gasteiger partial charge in [0.25, 0.3) is 5.91 Å².